The second-order valence-electron chi connectivity index (χ2n) is 4.29. The number of nitrogens with two attached hydrogens (primary N) is 1. The molecule has 0 saturated carbocycles. The second kappa shape index (κ2) is 4.26. The van der Waals surface area contributed by atoms with Crippen molar-refractivity contribution in [1.29, 1.82) is 0 Å². The van der Waals surface area contributed by atoms with Crippen LogP contribution in [0.2, 0.25) is 0 Å². The number of nitrogens with one attached hydrogen (secondary N) is 1. The van der Waals surface area contributed by atoms with Gasteiger partial charge in [-0.05, 0) is 12.1 Å². The summed E-state index contributed by atoms with van der Waals surface area (Å²) in [6, 6.07) is 5.79. The van der Waals surface area contributed by atoms with E-state index < -0.39 is 10.8 Å². The molecule has 20 heavy (non-hydrogen) atoms. The summed E-state index contributed by atoms with van der Waals surface area (Å²) < 4.78 is 0. The Morgan fingerprint density at radius 2 is 2.15 bits per heavy atom. The van der Waals surface area contributed by atoms with Gasteiger partial charge in [0.2, 0.25) is 11.9 Å². The third-order valence-electron chi connectivity index (χ3n) is 3.07. The summed E-state index contributed by atoms with van der Waals surface area (Å²) in [7, 11) is 0. The molecule has 3 rings (SSSR count). The molecule has 1 atom stereocenters. The SMILES string of the molecule is Nc1nccc(C2C(=O)Nc3ccc([N+](=O)[O-])cc32)n1. The van der Waals surface area contributed by atoms with Crippen LogP contribution in [0.15, 0.2) is 30.5 Å². The molecule has 3 N–H and O–H groups in total. The van der Waals surface area contributed by atoms with Gasteiger partial charge in [0.1, 0.15) is 5.92 Å². The lowest BCUT2D eigenvalue weighted by Crippen LogP contribution is -2.15. The number of non-ortho nitro benzene ring substituents is 1. The fourth-order valence-corrected chi connectivity index (χ4v) is 2.21. The van der Waals surface area contributed by atoms with E-state index in [-0.39, 0.29) is 17.5 Å². The zero-order chi connectivity index (χ0) is 14.3. The minimum atomic E-state index is -0.713. The molecule has 0 radical (unpaired) electrons. The zero-order valence-corrected chi connectivity index (χ0v) is 10.1. The van der Waals surface area contributed by atoms with E-state index in [2.05, 4.69) is 15.3 Å². The van der Waals surface area contributed by atoms with E-state index >= 15 is 0 Å². The van der Waals surface area contributed by atoms with Crippen molar-refractivity contribution in [3.63, 3.8) is 0 Å². The molecular weight excluding hydrogens is 262 g/mol. The van der Waals surface area contributed by atoms with Gasteiger partial charge in [-0.15, -0.1) is 0 Å². The topological polar surface area (TPSA) is 124 Å². The number of anilines is 2. The van der Waals surface area contributed by atoms with Gasteiger partial charge in [0.15, 0.2) is 0 Å². The molecule has 1 aromatic carbocycles. The monoisotopic (exact) mass is 271 g/mol. The molecule has 8 heteroatoms. The number of nitro benzene ring substituents is 1. The molecule has 1 aromatic heterocycles. The molecule has 100 valence electrons. The summed E-state index contributed by atoms with van der Waals surface area (Å²) in [4.78, 5) is 30.2. The maximum absolute atomic E-state index is 12.0. The predicted octanol–water partition coefficient (Wildman–Crippen LogP) is 1.05. The minimum Gasteiger partial charge on any atom is -0.368 e. The molecule has 1 aliphatic rings. The van der Waals surface area contributed by atoms with E-state index in [1.807, 2.05) is 0 Å². The Kier molecular flexibility index (Phi) is 2.56. The van der Waals surface area contributed by atoms with Crippen molar-refractivity contribution < 1.29 is 9.72 Å². The molecule has 0 fully saturated rings. The lowest BCUT2D eigenvalue weighted by molar-refractivity contribution is -0.384. The van der Waals surface area contributed by atoms with Crippen LogP contribution in [0.3, 0.4) is 0 Å². The van der Waals surface area contributed by atoms with Crippen LogP contribution in [-0.4, -0.2) is 20.8 Å². The van der Waals surface area contributed by atoms with Crippen molar-refractivity contribution in [2.75, 3.05) is 11.1 Å². The number of carbonyl (C=O) groups is 1. The lowest BCUT2D eigenvalue weighted by atomic mass is 9.96. The van der Waals surface area contributed by atoms with Crippen molar-refractivity contribution >= 4 is 23.2 Å². The zero-order valence-electron chi connectivity index (χ0n) is 10.1. The maximum atomic E-state index is 12.0. The summed E-state index contributed by atoms with van der Waals surface area (Å²) in [5.41, 5.74) is 6.90. The average Bonchev–Trinajstić information content (AvgIpc) is 2.73. The molecular formula is C12H9N5O3. The average molecular weight is 271 g/mol. The molecule has 0 bridgehead atoms. The Labute approximate surface area is 112 Å². The minimum absolute atomic E-state index is 0.0502. The van der Waals surface area contributed by atoms with Crippen molar-refractivity contribution in [2.24, 2.45) is 0 Å². The fraction of sp³-hybridized carbons (Fsp3) is 0.0833. The first kappa shape index (κ1) is 12.0. The smallest absolute Gasteiger partial charge is 0.269 e. The van der Waals surface area contributed by atoms with E-state index in [0.717, 1.165) is 0 Å². The van der Waals surface area contributed by atoms with Gasteiger partial charge in [-0.25, -0.2) is 9.97 Å². The summed E-state index contributed by atoms with van der Waals surface area (Å²) in [6.07, 6.45) is 1.44. The molecule has 2 heterocycles. The molecule has 2 aromatic rings. The van der Waals surface area contributed by atoms with Crippen LogP contribution in [0.4, 0.5) is 17.3 Å². The van der Waals surface area contributed by atoms with Crippen LogP contribution in [0, 0.1) is 10.1 Å². The van der Waals surface area contributed by atoms with Crippen LogP contribution < -0.4 is 11.1 Å². The van der Waals surface area contributed by atoms with E-state index in [1.165, 1.54) is 24.4 Å². The number of hydrogen-bond acceptors (Lipinski definition) is 6. The number of nitrogens with zero attached hydrogens (tertiary/aromatic N) is 3. The third kappa shape index (κ3) is 1.83. The first-order valence-corrected chi connectivity index (χ1v) is 5.74. The van der Waals surface area contributed by atoms with Gasteiger partial charge in [0.05, 0.1) is 10.6 Å². The molecule has 1 aliphatic heterocycles. The molecule has 0 aliphatic carbocycles. The van der Waals surface area contributed by atoms with Crippen molar-refractivity contribution in [2.45, 2.75) is 5.92 Å². The molecule has 1 unspecified atom stereocenters. The van der Waals surface area contributed by atoms with Crippen LogP contribution in [0.1, 0.15) is 17.2 Å². The summed E-state index contributed by atoms with van der Waals surface area (Å²) in [5.74, 6) is -0.956. The largest absolute Gasteiger partial charge is 0.368 e. The highest BCUT2D eigenvalue weighted by molar-refractivity contribution is 6.05. The number of benzene rings is 1. The van der Waals surface area contributed by atoms with E-state index in [4.69, 9.17) is 5.73 Å². The van der Waals surface area contributed by atoms with Crippen LogP contribution >= 0.6 is 0 Å². The van der Waals surface area contributed by atoms with Crippen molar-refractivity contribution in [3.05, 3.63) is 51.8 Å². The number of amides is 1. The predicted molar refractivity (Wildman–Crippen MR) is 70.0 cm³/mol. The number of hydrogen-bond donors (Lipinski definition) is 2. The van der Waals surface area contributed by atoms with E-state index in [1.54, 1.807) is 6.07 Å². The van der Waals surface area contributed by atoms with Gasteiger partial charge in [0, 0.05) is 29.6 Å². The van der Waals surface area contributed by atoms with Gasteiger partial charge in [0.25, 0.3) is 5.69 Å². The van der Waals surface area contributed by atoms with E-state index in [0.29, 0.717) is 16.9 Å². The van der Waals surface area contributed by atoms with Crippen molar-refractivity contribution in [1.82, 2.24) is 9.97 Å². The Morgan fingerprint density at radius 1 is 1.35 bits per heavy atom. The Balaban J connectivity index is 2.13. The van der Waals surface area contributed by atoms with E-state index in [9.17, 15) is 14.9 Å². The van der Waals surface area contributed by atoms with Gasteiger partial charge in [-0.2, -0.15) is 0 Å². The number of fused-ring (bicyclic) bond motifs is 1. The first-order valence-electron chi connectivity index (χ1n) is 5.74. The normalized spacial score (nSPS) is 16.6. The third-order valence-corrected chi connectivity index (χ3v) is 3.07. The van der Waals surface area contributed by atoms with Gasteiger partial charge in [-0.3, -0.25) is 14.9 Å². The Bertz CT molecular complexity index is 731. The van der Waals surface area contributed by atoms with Crippen LogP contribution in [0.5, 0.6) is 0 Å². The lowest BCUT2D eigenvalue weighted by Gasteiger charge is -2.08. The number of aromatic nitrogens is 2. The summed E-state index contributed by atoms with van der Waals surface area (Å²) >= 11 is 0. The first-order chi connectivity index (χ1) is 9.56. The molecule has 1 amide bonds. The number of nitrogen functional groups attached to an aromatic ring is 1. The van der Waals surface area contributed by atoms with Crippen LogP contribution in [-0.2, 0) is 4.79 Å². The van der Waals surface area contributed by atoms with Gasteiger partial charge >= 0.3 is 0 Å². The molecule has 0 spiro atoms. The number of nitro groups is 1. The molecule has 8 nitrogen and oxygen atoms in total. The summed E-state index contributed by atoms with van der Waals surface area (Å²) in [6.45, 7) is 0. The van der Waals surface area contributed by atoms with Crippen molar-refractivity contribution in [3.8, 4) is 0 Å². The second-order valence-corrected chi connectivity index (χ2v) is 4.29. The highest BCUT2D eigenvalue weighted by Gasteiger charge is 2.34. The quantitative estimate of drug-likeness (QED) is 0.621. The maximum Gasteiger partial charge on any atom is 0.269 e. The number of carbonyl (C=O) groups excluding carboxylic acids is 1. The highest BCUT2D eigenvalue weighted by atomic mass is 16.6. The molecule has 0 saturated heterocycles. The fourth-order valence-electron chi connectivity index (χ4n) is 2.21. The summed E-state index contributed by atoms with van der Waals surface area (Å²) in [5, 5.41) is 13.5. The Morgan fingerprint density at radius 3 is 2.85 bits per heavy atom. The Hall–Kier alpha value is -3.03. The number of rotatable bonds is 2. The standard InChI is InChI=1S/C12H9N5O3/c13-12-14-4-3-9(16-12)10-7-5-6(17(19)20)1-2-8(7)15-11(10)18/h1-5,10H,(H,15,18)(H2,13,14,16). The van der Waals surface area contributed by atoms with Crippen LogP contribution in [0.25, 0.3) is 0 Å². The van der Waals surface area contributed by atoms with Gasteiger partial charge < -0.3 is 11.1 Å². The van der Waals surface area contributed by atoms with Gasteiger partial charge in [-0.1, -0.05) is 0 Å². The highest BCUT2D eigenvalue weighted by Crippen LogP contribution is 2.38.